The minimum Gasteiger partial charge on any atom is -0.507 e. The van der Waals surface area contributed by atoms with Crippen LogP contribution in [0.15, 0.2) is 48.5 Å². The molecule has 2 aromatic carbocycles. The van der Waals surface area contributed by atoms with Crippen LogP contribution < -0.4 is 5.32 Å². The van der Waals surface area contributed by atoms with Crippen LogP contribution in [0.1, 0.15) is 35.3 Å². The summed E-state index contributed by atoms with van der Waals surface area (Å²) < 4.78 is 12.9. The lowest BCUT2D eigenvalue weighted by molar-refractivity contribution is 0.0933. The van der Waals surface area contributed by atoms with Gasteiger partial charge in [-0.05, 0) is 24.1 Å². The Bertz CT molecular complexity index is 599. The number of hydrogen-bond acceptors (Lipinski definition) is 2. The first-order valence-electron chi connectivity index (χ1n) is 6.46. The largest absolute Gasteiger partial charge is 0.507 e. The zero-order valence-electron chi connectivity index (χ0n) is 11.1. The number of rotatable bonds is 4. The predicted molar refractivity (Wildman–Crippen MR) is 75.0 cm³/mol. The van der Waals surface area contributed by atoms with E-state index < -0.39 is 11.7 Å². The molecule has 1 amide bonds. The second-order valence-electron chi connectivity index (χ2n) is 4.51. The summed E-state index contributed by atoms with van der Waals surface area (Å²) in [7, 11) is 0. The third-order valence-electron chi connectivity index (χ3n) is 3.12. The van der Waals surface area contributed by atoms with Gasteiger partial charge in [0.05, 0.1) is 11.6 Å². The van der Waals surface area contributed by atoms with Crippen molar-refractivity contribution in [3.05, 3.63) is 65.5 Å². The topological polar surface area (TPSA) is 49.3 Å². The highest BCUT2D eigenvalue weighted by molar-refractivity contribution is 5.97. The monoisotopic (exact) mass is 273 g/mol. The molecule has 0 fully saturated rings. The lowest BCUT2D eigenvalue weighted by atomic mass is 10.0. The van der Waals surface area contributed by atoms with Crippen molar-refractivity contribution < 1.29 is 14.3 Å². The van der Waals surface area contributed by atoms with E-state index in [-0.39, 0.29) is 17.4 Å². The minimum atomic E-state index is -0.575. The maximum absolute atomic E-state index is 12.9. The molecule has 0 saturated carbocycles. The van der Waals surface area contributed by atoms with Crippen molar-refractivity contribution in [3.63, 3.8) is 0 Å². The van der Waals surface area contributed by atoms with Crippen LogP contribution in [0, 0.1) is 5.82 Å². The molecule has 104 valence electrons. The summed E-state index contributed by atoms with van der Waals surface area (Å²) in [6, 6.07) is 12.8. The van der Waals surface area contributed by atoms with Crippen molar-refractivity contribution in [3.8, 4) is 5.75 Å². The number of halogens is 1. The van der Waals surface area contributed by atoms with Gasteiger partial charge in [-0.3, -0.25) is 4.79 Å². The van der Waals surface area contributed by atoms with E-state index in [0.29, 0.717) is 0 Å². The van der Waals surface area contributed by atoms with Crippen molar-refractivity contribution >= 4 is 5.91 Å². The predicted octanol–water partition coefficient (Wildman–Crippen LogP) is 3.41. The van der Waals surface area contributed by atoms with Crippen LogP contribution in [0.3, 0.4) is 0 Å². The van der Waals surface area contributed by atoms with Crippen molar-refractivity contribution in [1.82, 2.24) is 5.32 Å². The first-order valence-corrected chi connectivity index (χ1v) is 6.46. The van der Waals surface area contributed by atoms with E-state index in [1.54, 1.807) is 0 Å². The van der Waals surface area contributed by atoms with Gasteiger partial charge >= 0.3 is 0 Å². The van der Waals surface area contributed by atoms with Gasteiger partial charge in [-0.2, -0.15) is 0 Å². The summed E-state index contributed by atoms with van der Waals surface area (Å²) in [6.07, 6.45) is 0.720. The maximum Gasteiger partial charge on any atom is 0.255 e. The van der Waals surface area contributed by atoms with Crippen LogP contribution >= 0.6 is 0 Å². The molecule has 1 atom stereocenters. The Kier molecular flexibility index (Phi) is 4.35. The maximum atomic E-state index is 12.9. The Hall–Kier alpha value is -2.36. The smallest absolute Gasteiger partial charge is 0.255 e. The van der Waals surface area contributed by atoms with Crippen LogP contribution in [-0.4, -0.2) is 11.0 Å². The molecule has 0 saturated heterocycles. The number of phenols is 1. The number of nitrogens with one attached hydrogen (secondary N) is 1. The van der Waals surface area contributed by atoms with E-state index >= 15 is 0 Å². The van der Waals surface area contributed by atoms with Gasteiger partial charge in [0.15, 0.2) is 0 Å². The lowest BCUT2D eigenvalue weighted by Gasteiger charge is -2.17. The summed E-state index contributed by atoms with van der Waals surface area (Å²) in [5.74, 6) is -1.35. The van der Waals surface area contributed by atoms with E-state index in [9.17, 15) is 14.3 Å². The molecule has 2 N–H and O–H groups in total. The summed E-state index contributed by atoms with van der Waals surface area (Å²) in [5, 5.41) is 12.5. The molecule has 2 rings (SSSR count). The first kappa shape index (κ1) is 14.1. The Morgan fingerprint density at radius 3 is 2.55 bits per heavy atom. The second-order valence-corrected chi connectivity index (χ2v) is 4.51. The van der Waals surface area contributed by atoms with Crippen LogP contribution in [0.25, 0.3) is 0 Å². The van der Waals surface area contributed by atoms with Gasteiger partial charge in [-0.15, -0.1) is 0 Å². The molecule has 0 bridgehead atoms. The summed E-state index contributed by atoms with van der Waals surface area (Å²) in [5.41, 5.74) is 1.06. The van der Waals surface area contributed by atoms with Crippen molar-refractivity contribution in [1.29, 1.82) is 0 Å². The first-order chi connectivity index (χ1) is 9.61. The fraction of sp³-hybridized carbons (Fsp3) is 0.188. The summed E-state index contributed by atoms with van der Waals surface area (Å²) in [6.45, 7) is 1.96. The molecule has 0 aliphatic rings. The molecule has 1 unspecified atom stereocenters. The van der Waals surface area contributed by atoms with Gasteiger partial charge in [0.25, 0.3) is 5.91 Å². The summed E-state index contributed by atoms with van der Waals surface area (Å²) in [4.78, 5) is 12.1. The highest BCUT2D eigenvalue weighted by atomic mass is 19.1. The van der Waals surface area contributed by atoms with Crippen molar-refractivity contribution in [2.45, 2.75) is 19.4 Å². The SMILES string of the molecule is CCC(NC(=O)c1ccc(F)cc1O)c1ccccc1. The fourth-order valence-corrected chi connectivity index (χ4v) is 2.04. The minimum absolute atomic E-state index is 0.0702. The third kappa shape index (κ3) is 3.15. The quantitative estimate of drug-likeness (QED) is 0.896. The van der Waals surface area contributed by atoms with Crippen LogP contribution in [-0.2, 0) is 0 Å². The highest BCUT2D eigenvalue weighted by Crippen LogP contribution is 2.21. The van der Waals surface area contributed by atoms with Crippen LogP contribution in [0.2, 0.25) is 0 Å². The van der Waals surface area contributed by atoms with E-state index in [1.807, 2.05) is 37.3 Å². The summed E-state index contributed by atoms with van der Waals surface area (Å²) >= 11 is 0. The number of amides is 1. The molecule has 0 radical (unpaired) electrons. The normalized spacial score (nSPS) is 11.9. The molecule has 0 aliphatic carbocycles. The third-order valence-corrected chi connectivity index (χ3v) is 3.12. The zero-order valence-corrected chi connectivity index (χ0v) is 11.1. The Labute approximate surface area is 117 Å². The number of hydrogen-bond donors (Lipinski definition) is 2. The highest BCUT2D eigenvalue weighted by Gasteiger charge is 2.16. The van der Waals surface area contributed by atoms with Gasteiger partial charge in [0.1, 0.15) is 11.6 Å². The number of carbonyl (C=O) groups is 1. The zero-order chi connectivity index (χ0) is 14.5. The number of phenolic OH excluding ortho intramolecular Hbond substituents is 1. The van der Waals surface area contributed by atoms with Gasteiger partial charge in [0, 0.05) is 6.07 Å². The second kappa shape index (κ2) is 6.19. The molecule has 2 aromatic rings. The van der Waals surface area contributed by atoms with E-state index in [0.717, 1.165) is 24.1 Å². The molecule has 0 heterocycles. The van der Waals surface area contributed by atoms with Gasteiger partial charge < -0.3 is 10.4 Å². The van der Waals surface area contributed by atoms with Crippen LogP contribution in [0.4, 0.5) is 4.39 Å². The standard InChI is InChI=1S/C16H16FNO2/c1-2-14(11-6-4-3-5-7-11)18-16(20)13-9-8-12(17)10-15(13)19/h3-10,14,19H,2H2,1H3,(H,18,20). The van der Waals surface area contributed by atoms with E-state index in [2.05, 4.69) is 5.32 Å². The van der Waals surface area contributed by atoms with Gasteiger partial charge in [0.2, 0.25) is 0 Å². The fourth-order valence-electron chi connectivity index (χ4n) is 2.04. The molecule has 4 heteroatoms. The number of aromatic hydroxyl groups is 1. The number of benzene rings is 2. The van der Waals surface area contributed by atoms with Gasteiger partial charge in [-0.25, -0.2) is 4.39 Å². The Morgan fingerprint density at radius 1 is 1.25 bits per heavy atom. The molecular formula is C16H16FNO2. The Morgan fingerprint density at radius 2 is 1.95 bits per heavy atom. The molecule has 3 nitrogen and oxygen atoms in total. The van der Waals surface area contributed by atoms with Crippen LogP contribution in [0.5, 0.6) is 5.75 Å². The molecule has 0 aromatic heterocycles. The Balaban J connectivity index is 2.17. The molecule has 20 heavy (non-hydrogen) atoms. The lowest BCUT2D eigenvalue weighted by Crippen LogP contribution is -2.28. The van der Waals surface area contributed by atoms with Crippen molar-refractivity contribution in [2.24, 2.45) is 0 Å². The van der Waals surface area contributed by atoms with Crippen molar-refractivity contribution in [2.75, 3.05) is 0 Å². The van der Waals surface area contributed by atoms with Gasteiger partial charge in [-0.1, -0.05) is 37.3 Å². The molecular weight excluding hydrogens is 257 g/mol. The molecule has 0 aliphatic heterocycles. The average Bonchev–Trinajstić information content (AvgIpc) is 2.45. The number of carbonyl (C=O) groups excluding carboxylic acids is 1. The average molecular weight is 273 g/mol. The molecule has 0 spiro atoms. The van der Waals surface area contributed by atoms with E-state index in [1.165, 1.54) is 6.07 Å². The van der Waals surface area contributed by atoms with E-state index in [4.69, 9.17) is 0 Å².